The molecule has 3 nitrogen and oxygen atoms in total. The van der Waals surface area contributed by atoms with Crippen molar-refractivity contribution >= 4 is 20.5 Å². The summed E-state index contributed by atoms with van der Waals surface area (Å²) in [6, 6.07) is 0. The van der Waals surface area contributed by atoms with Gasteiger partial charge in [0.15, 0.2) is 0 Å². The SMILES string of the molecule is OO[SiH2]O[SiH3]. The van der Waals surface area contributed by atoms with E-state index in [2.05, 4.69) is 8.69 Å². The standard InChI is InChI=1S/H6O3Si2/c1-2-5-3-4/h1H,5H2,4H3. The first kappa shape index (κ1) is 5.31. The van der Waals surface area contributed by atoms with E-state index in [-0.39, 0.29) is 0 Å². The van der Waals surface area contributed by atoms with Gasteiger partial charge >= 0.3 is 10.0 Å². The van der Waals surface area contributed by atoms with Crippen molar-refractivity contribution in [3.05, 3.63) is 0 Å². The normalized spacial score (nSPS) is 11.4. The monoisotopic (exact) mass is 110 g/mol. The second-order valence-corrected chi connectivity index (χ2v) is 3.34. The van der Waals surface area contributed by atoms with Crippen molar-refractivity contribution in [2.75, 3.05) is 0 Å². The summed E-state index contributed by atoms with van der Waals surface area (Å²) in [4.78, 5) is 0. The highest BCUT2D eigenvalue weighted by Crippen LogP contribution is 1.52. The Bertz CT molecular complexity index is 12.4. The van der Waals surface area contributed by atoms with Gasteiger partial charge in [-0.05, 0) is 0 Å². The van der Waals surface area contributed by atoms with Gasteiger partial charge in [0.1, 0.15) is 10.5 Å². The first-order valence-electron chi connectivity index (χ1n) is 1.17. The van der Waals surface area contributed by atoms with Gasteiger partial charge in [-0.3, -0.25) is 9.83 Å². The Balaban J connectivity index is 2.19. The molecule has 0 rings (SSSR count). The van der Waals surface area contributed by atoms with Gasteiger partial charge < -0.3 is 4.12 Å². The molecular weight excluding hydrogens is 104 g/mol. The molecule has 0 aromatic heterocycles. The predicted molar refractivity (Wildman–Crippen MR) is 23.3 cm³/mol. The van der Waals surface area contributed by atoms with Crippen molar-refractivity contribution in [2.45, 2.75) is 0 Å². The minimum Gasteiger partial charge on any atom is -0.447 e. The zero-order valence-electron chi connectivity index (χ0n) is 2.97. The van der Waals surface area contributed by atoms with Gasteiger partial charge in [-0.25, -0.2) is 0 Å². The van der Waals surface area contributed by atoms with Gasteiger partial charge in [0.05, 0.1) is 0 Å². The van der Waals surface area contributed by atoms with E-state index >= 15 is 0 Å². The van der Waals surface area contributed by atoms with Crippen LogP contribution in [0.5, 0.6) is 0 Å². The lowest BCUT2D eigenvalue weighted by Crippen LogP contribution is -1.96. The highest BCUT2D eigenvalue weighted by Gasteiger charge is 1.69. The quantitative estimate of drug-likeness (QED) is 0.248. The van der Waals surface area contributed by atoms with Gasteiger partial charge in [0.2, 0.25) is 0 Å². The average molecular weight is 110 g/mol. The van der Waals surface area contributed by atoms with E-state index in [0.717, 1.165) is 0 Å². The van der Waals surface area contributed by atoms with Crippen LogP contribution >= 0.6 is 0 Å². The maximum absolute atomic E-state index is 7.53. The summed E-state index contributed by atoms with van der Waals surface area (Å²) in [6.07, 6.45) is 0. The van der Waals surface area contributed by atoms with Crippen LogP contribution in [-0.4, -0.2) is 25.7 Å². The molecule has 0 fully saturated rings. The molecule has 0 aromatic rings. The van der Waals surface area contributed by atoms with Crippen LogP contribution in [0, 0.1) is 0 Å². The van der Waals surface area contributed by atoms with Crippen LogP contribution in [0.2, 0.25) is 0 Å². The van der Waals surface area contributed by atoms with Gasteiger partial charge in [-0.15, -0.1) is 0 Å². The fourth-order valence-corrected chi connectivity index (χ4v) is 0.474. The van der Waals surface area contributed by atoms with E-state index in [9.17, 15) is 0 Å². The number of hydrogen-bond donors (Lipinski definition) is 1. The molecule has 0 aliphatic rings. The summed E-state index contributed by atoms with van der Waals surface area (Å²) >= 11 is 0. The topological polar surface area (TPSA) is 38.7 Å². The zero-order valence-corrected chi connectivity index (χ0v) is 6.39. The Labute approximate surface area is 35.4 Å². The van der Waals surface area contributed by atoms with E-state index in [1.807, 2.05) is 0 Å². The smallest absolute Gasteiger partial charge is 0.334 e. The molecule has 5 heteroatoms. The number of rotatable bonds is 2. The third kappa shape index (κ3) is 4.31. The van der Waals surface area contributed by atoms with Crippen molar-refractivity contribution in [1.29, 1.82) is 0 Å². The summed E-state index contributed by atoms with van der Waals surface area (Å²) in [5.74, 6) is 0. The molecule has 0 aromatic carbocycles. The highest BCUT2D eigenvalue weighted by molar-refractivity contribution is 6.27. The molecule has 0 bridgehead atoms. The molecular formula is H6O3Si2. The first-order chi connectivity index (χ1) is 2.41. The second-order valence-electron chi connectivity index (χ2n) is 0.536. The van der Waals surface area contributed by atoms with Crippen LogP contribution in [0.3, 0.4) is 0 Å². The van der Waals surface area contributed by atoms with Gasteiger partial charge in [0, 0.05) is 0 Å². The van der Waals surface area contributed by atoms with Gasteiger partial charge in [-0.2, -0.15) is 0 Å². The molecule has 0 spiro atoms. The predicted octanol–water partition coefficient (Wildman–Crippen LogP) is -2.23. The van der Waals surface area contributed by atoms with Crippen LogP contribution in [0.4, 0.5) is 0 Å². The zero-order chi connectivity index (χ0) is 4.12. The average Bonchev–Trinajstić information content (AvgIpc) is 1.41. The van der Waals surface area contributed by atoms with Crippen LogP contribution in [-0.2, 0) is 8.69 Å². The number of hydrogen-bond acceptors (Lipinski definition) is 3. The van der Waals surface area contributed by atoms with Crippen molar-refractivity contribution in [2.24, 2.45) is 0 Å². The molecule has 0 unspecified atom stereocenters. The highest BCUT2D eigenvalue weighted by atomic mass is 28.3. The molecule has 0 radical (unpaired) electrons. The van der Waals surface area contributed by atoms with E-state index in [0.29, 0.717) is 10.5 Å². The first-order valence-corrected chi connectivity index (χ1v) is 3.14. The summed E-state index contributed by atoms with van der Waals surface area (Å²) < 4.78 is 8.14. The van der Waals surface area contributed by atoms with Crippen molar-refractivity contribution in [3.8, 4) is 0 Å². The molecule has 0 aliphatic heterocycles. The molecule has 0 saturated heterocycles. The van der Waals surface area contributed by atoms with Crippen LogP contribution < -0.4 is 0 Å². The summed E-state index contributed by atoms with van der Waals surface area (Å²) in [5, 5.41) is 7.53. The van der Waals surface area contributed by atoms with Crippen molar-refractivity contribution < 1.29 is 13.9 Å². The van der Waals surface area contributed by atoms with Gasteiger partial charge in [0.25, 0.3) is 0 Å². The molecule has 0 amide bonds. The minimum absolute atomic E-state index is 0.675. The third-order valence-corrected chi connectivity index (χ3v) is 1.22. The van der Waals surface area contributed by atoms with E-state index in [1.165, 1.54) is 0 Å². The molecule has 0 atom stereocenters. The van der Waals surface area contributed by atoms with Crippen molar-refractivity contribution in [1.82, 2.24) is 0 Å². The maximum Gasteiger partial charge on any atom is 0.334 e. The minimum atomic E-state index is -0.951. The van der Waals surface area contributed by atoms with E-state index < -0.39 is 10.0 Å². The van der Waals surface area contributed by atoms with Crippen LogP contribution in [0.15, 0.2) is 0 Å². The fourth-order valence-electron chi connectivity index (χ4n) is 0.0527. The van der Waals surface area contributed by atoms with Crippen LogP contribution in [0.25, 0.3) is 0 Å². The summed E-state index contributed by atoms with van der Waals surface area (Å²) in [5.41, 5.74) is 0. The Kier molecular flexibility index (Phi) is 4.58. The van der Waals surface area contributed by atoms with Crippen LogP contribution in [0.1, 0.15) is 0 Å². The molecule has 0 heterocycles. The fraction of sp³-hybridized carbons (Fsp3) is 0. The Morgan fingerprint density at radius 1 is 1.80 bits per heavy atom. The molecule has 0 aliphatic carbocycles. The lowest BCUT2D eigenvalue weighted by Gasteiger charge is -1.84. The summed E-state index contributed by atoms with van der Waals surface area (Å²) in [7, 11) is -0.275. The molecule has 1 N–H and O–H groups in total. The largest absolute Gasteiger partial charge is 0.447 e. The van der Waals surface area contributed by atoms with Crippen molar-refractivity contribution in [3.63, 3.8) is 0 Å². The van der Waals surface area contributed by atoms with E-state index in [4.69, 9.17) is 5.26 Å². The third-order valence-electron chi connectivity index (χ3n) is 0.171. The second kappa shape index (κ2) is 4.31. The van der Waals surface area contributed by atoms with Gasteiger partial charge in [-0.1, -0.05) is 0 Å². The molecule has 32 valence electrons. The molecule has 5 heavy (non-hydrogen) atoms. The lowest BCUT2D eigenvalue weighted by atomic mass is 15.0. The Morgan fingerprint density at radius 2 is 2.40 bits per heavy atom. The lowest BCUT2D eigenvalue weighted by molar-refractivity contribution is -0.147. The molecule has 0 saturated carbocycles. The summed E-state index contributed by atoms with van der Waals surface area (Å²) in [6.45, 7) is 0. The Morgan fingerprint density at radius 3 is 2.40 bits per heavy atom. The Hall–Kier alpha value is 0.314. The van der Waals surface area contributed by atoms with E-state index in [1.54, 1.807) is 0 Å². The maximum atomic E-state index is 7.53.